The Morgan fingerprint density at radius 3 is 2.68 bits per heavy atom. The molecular formula is C16H17ClN2O3. The Bertz CT molecular complexity index is 659. The van der Waals surface area contributed by atoms with Crippen LogP contribution in [0.25, 0.3) is 0 Å². The first kappa shape index (κ1) is 16.1. The van der Waals surface area contributed by atoms with Crippen LogP contribution in [0.1, 0.15) is 12.5 Å². The number of halogens is 1. The first-order valence-corrected chi connectivity index (χ1v) is 7.11. The lowest BCUT2D eigenvalue weighted by molar-refractivity contribution is -0.122. The number of aromatic nitrogens is 1. The first-order chi connectivity index (χ1) is 10.5. The number of anilines is 1. The summed E-state index contributed by atoms with van der Waals surface area (Å²) in [6.07, 6.45) is 0.874. The molecule has 1 amide bonds. The number of hydrogen-bond acceptors (Lipinski definition) is 4. The van der Waals surface area contributed by atoms with E-state index in [4.69, 9.17) is 21.1 Å². The molecule has 1 heterocycles. The monoisotopic (exact) mass is 320 g/mol. The molecule has 0 fully saturated rings. The van der Waals surface area contributed by atoms with Gasteiger partial charge in [0.05, 0.1) is 19.0 Å². The second kappa shape index (κ2) is 7.13. The Kier molecular flexibility index (Phi) is 5.22. The van der Waals surface area contributed by atoms with Crippen LogP contribution in [0.3, 0.4) is 0 Å². The number of rotatable bonds is 5. The average molecular weight is 321 g/mol. The maximum absolute atomic E-state index is 12.1. The highest BCUT2D eigenvalue weighted by Crippen LogP contribution is 2.23. The van der Waals surface area contributed by atoms with Crippen LogP contribution in [0.15, 0.2) is 36.5 Å². The molecule has 1 unspecified atom stereocenters. The second-order valence-electron chi connectivity index (χ2n) is 4.75. The quantitative estimate of drug-likeness (QED) is 0.916. The zero-order valence-corrected chi connectivity index (χ0v) is 13.3. The van der Waals surface area contributed by atoms with Crippen LogP contribution in [-0.4, -0.2) is 24.1 Å². The minimum Gasteiger partial charge on any atom is -0.481 e. The van der Waals surface area contributed by atoms with Gasteiger partial charge in [-0.3, -0.25) is 4.79 Å². The molecule has 0 radical (unpaired) electrons. The van der Waals surface area contributed by atoms with Gasteiger partial charge < -0.3 is 14.8 Å². The highest BCUT2D eigenvalue weighted by atomic mass is 35.5. The van der Waals surface area contributed by atoms with E-state index < -0.39 is 6.10 Å². The fraction of sp³-hybridized carbons (Fsp3) is 0.250. The third-order valence-electron chi connectivity index (χ3n) is 3.02. The van der Waals surface area contributed by atoms with Crippen LogP contribution >= 0.6 is 11.6 Å². The Morgan fingerprint density at radius 1 is 1.32 bits per heavy atom. The van der Waals surface area contributed by atoms with Crippen molar-refractivity contribution in [3.8, 4) is 11.6 Å². The number of amides is 1. The molecular weight excluding hydrogens is 304 g/mol. The van der Waals surface area contributed by atoms with Crippen molar-refractivity contribution in [1.29, 1.82) is 0 Å². The van der Waals surface area contributed by atoms with Gasteiger partial charge in [0.2, 0.25) is 5.88 Å². The van der Waals surface area contributed by atoms with E-state index in [2.05, 4.69) is 10.3 Å². The molecule has 0 saturated heterocycles. The van der Waals surface area contributed by atoms with Crippen LogP contribution in [0.2, 0.25) is 5.02 Å². The van der Waals surface area contributed by atoms with Crippen LogP contribution < -0.4 is 14.8 Å². The van der Waals surface area contributed by atoms with E-state index in [1.807, 2.05) is 6.92 Å². The van der Waals surface area contributed by atoms with Crippen molar-refractivity contribution >= 4 is 23.2 Å². The van der Waals surface area contributed by atoms with Gasteiger partial charge in [0, 0.05) is 11.1 Å². The van der Waals surface area contributed by atoms with Gasteiger partial charge in [0.1, 0.15) is 5.75 Å². The molecule has 1 aromatic carbocycles. The van der Waals surface area contributed by atoms with Gasteiger partial charge >= 0.3 is 0 Å². The molecule has 1 N–H and O–H groups in total. The average Bonchev–Trinajstić information content (AvgIpc) is 2.50. The standard InChI is InChI=1S/C16H17ClN2O3/c1-10-8-12(17)4-6-14(10)22-11(2)16(20)19-13-5-7-15(21-3)18-9-13/h4-9,11H,1-3H3,(H,19,20). The van der Waals surface area contributed by atoms with Gasteiger partial charge in [-0.1, -0.05) is 11.6 Å². The maximum atomic E-state index is 12.1. The van der Waals surface area contributed by atoms with E-state index in [-0.39, 0.29) is 5.91 Å². The third-order valence-corrected chi connectivity index (χ3v) is 3.26. The van der Waals surface area contributed by atoms with Crippen LogP contribution in [0.5, 0.6) is 11.6 Å². The SMILES string of the molecule is COc1ccc(NC(=O)C(C)Oc2ccc(Cl)cc2C)cn1. The van der Waals surface area contributed by atoms with Crippen LogP contribution in [0.4, 0.5) is 5.69 Å². The van der Waals surface area contributed by atoms with Gasteiger partial charge in [-0.05, 0) is 43.7 Å². The lowest BCUT2D eigenvalue weighted by Crippen LogP contribution is -2.30. The predicted octanol–water partition coefficient (Wildman–Crippen LogP) is 3.46. The molecule has 1 aromatic heterocycles. The summed E-state index contributed by atoms with van der Waals surface area (Å²) >= 11 is 5.90. The molecule has 22 heavy (non-hydrogen) atoms. The zero-order valence-electron chi connectivity index (χ0n) is 12.6. The summed E-state index contributed by atoms with van der Waals surface area (Å²) in [4.78, 5) is 16.2. The zero-order chi connectivity index (χ0) is 16.1. The van der Waals surface area contributed by atoms with E-state index >= 15 is 0 Å². The van der Waals surface area contributed by atoms with Crippen molar-refractivity contribution in [3.63, 3.8) is 0 Å². The van der Waals surface area contributed by atoms with E-state index in [1.165, 1.54) is 13.3 Å². The van der Waals surface area contributed by atoms with Crippen molar-refractivity contribution in [1.82, 2.24) is 4.98 Å². The number of aryl methyl sites for hydroxylation is 1. The molecule has 5 nitrogen and oxygen atoms in total. The molecule has 116 valence electrons. The fourth-order valence-corrected chi connectivity index (χ4v) is 2.03. The topological polar surface area (TPSA) is 60.5 Å². The summed E-state index contributed by atoms with van der Waals surface area (Å²) in [5.41, 5.74) is 1.45. The normalized spacial score (nSPS) is 11.6. The third kappa shape index (κ3) is 4.11. The number of carbonyl (C=O) groups excluding carboxylic acids is 1. The van der Waals surface area contributed by atoms with E-state index in [9.17, 15) is 4.79 Å². The Balaban J connectivity index is 1.99. The Labute approximate surface area is 134 Å². The minimum atomic E-state index is -0.651. The second-order valence-corrected chi connectivity index (χ2v) is 5.18. The van der Waals surface area contributed by atoms with Gasteiger partial charge in [-0.25, -0.2) is 4.98 Å². The number of benzene rings is 1. The van der Waals surface area contributed by atoms with Gasteiger partial charge in [0.15, 0.2) is 6.10 Å². The number of pyridine rings is 1. The van der Waals surface area contributed by atoms with Gasteiger partial charge in [-0.15, -0.1) is 0 Å². The molecule has 0 spiro atoms. The predicted molar refractivity (Wildman–Crippen MR) is 85.7 cm³/mol. The van der Waals surface area contributed by atoms with Crippen molar-refractivity contribution in [2.75, 3.05) is 12.4 Å². The molecule has 6 heteroatoms. The first-order valence-electron chi connectivity index (χ1n) is 6.73. The molecule has 0 saturated carbocycles. The van der Waals surface area contributed by atoms with E-state index in [0.29, 0.717) is 22.3 Å². The molecule has 0 aliphatic rings. The Morgan fingerprint density at radius 2 is 2.09 bits per heavy atom. The van der Waals surface area contributed by atoms with Crippen molar-refractivity contribution in [3.05, 3.63) is 47.1 Å². The summed E-state index contributed by atoms with van der Waals surface area (Å²) in [6.45, 7) is 3.56. The summed E-state index contributed by atoms with van der Waals surface area (Å²) < 4.78 is 10.6. The van der Waals surface area contributed by atoms with Crippen LogP contribution in [-0.2, 0) is 4.79 Å². The molecule has 0 aliphatic carbocycles. The number of methoxy groups -OCH3 is 1. The molecule has 2 aromatic rings. The van der Waals surface area contributed by atoms with Crippen molar-refractivity contribution in [2.45, 2.75) is 20.0 Å². The van der Waals surface area contributed by atoms with Crippen molar-refractivity contribution in [2.24, 2.45) is 0 Å². The van der Waals surface area contributed by atoms with Gasteiger partial charge in [0.25, 0.3) is 5.91 Å². The maximum Gasteiger partial charge on any atom is 0.265 e. The molecule has 1 atom stereocenters. The number of nitrogens with one attached hydrogen (secondary N) is 1. The number of hydrogen-bond donors (Lipinski definition) is 1. The largest absolute Gasteiger partial charge is 0.481 e. The smallest absolute Gasteiger partial charge is 0.265 e. The van der Waals surface area contributed by atoms with Gasteiger partial charge in [-0.2, -0.15) is 0 Å². The molecule has 0 aliphatic heterocycles. The summed E-state index contributed by atoms with van der Waals surface area (Å²) in [5, 5.41) is 3.37. The molecule has 0 bridgehead atoms. The van der Waals surface area contributed by atoms with Crippen molar-refractivity contribution < 1.29 is 14.3 Å². The summed E-state index contributed by atoms with van der Waals surface area (Å²) in [5.74, 6) is 0.848. The highest BCUT2D eigenvalue weighted by Gasteiger charge is 2.16. The number of carbonyl (C=O) groups is 1. The minimum absolute atomic E-state index is 0.263. The van der Waals surface area contributed by atoms with E-state index in [1.54, 1.807) is 37.3 Å². The molecule has 2 rings (SSSR count). The highest BCUT2D eigenvalue weighted by molar-refractivity contribution is 6.30. The fourth-order valence-electron chi connectivity index (χ4n) is 1.81. The lowest BCUT2D eigenvalue weighted by Gasteiger charge is -2.16. The lowest BCUT2D eigenvalue weighted by atomic mass is 10.2. The van der Waals surface area contributed by atoms with Crippen LogP contribution in [0, 0.1) is 6.92 Å². The number of ether oxygens (including phenoxy) is 2. The summed E-state index contributed by atoms with van der Waals surface area (Å²) in [6, 6.07) is 8.64. The summed E-state index contributed by atoms with van der Waals surface area (Å²) in [7, 11) is 1.53. The Hall–Kier alpha value is -2.27. The number of nitrogens with zero attached hydrogens (tertiary/aromatic N) is 1. The van der Waals surface area contributed by atoms with E-state index in [0.717, 1.165) is 5.56 Å².